The Morgan fingerprint density at radius 3 is 0.744 bits per heavy atom. The second kappa shape index (κ2) is 21.4. The number of hydrogen-bond donors (Lipinski definition) is 0. The van der Waals surface area contributed by atoms with Crippen LogP contribution in [0.25, 0.3) is 135 Å². The maximum absolute atomic E-state index is 5.69. The highest BCUT2D eigenvalue weighted by Gasteiger charge is 2.24. The predicted octanol–water partition coefficient (Wildman–Crippen LogP) is 19.3. The molecule has 0 spiro atoms. The van der Waals surface area contributed by atoms with Crippen molar-refractivity contribution in [3.8, 4) is 135 Å². The van der Waals surface area contributed by atoms with Crippen LogP contribution in [0.3, 0.4) is 0 Å². The molecule has 13 aromatic rings. The molecule has 0 unspecified atom stereocenters. The fraction of sp³-hybridized carbons (Fsp3) is 0. The SMILES string of the molecule is c1ccc(-c2cc(-c3cccc(-c4cc(-c5ccccc5)cc(-c5c(-c6ccccc6)cc(-c6ccccc6)nc5-c5ccccc5)n4)c3)nc(-c3c(-c4ccccc4)cc(-c4ccccc4)nc3-c3ccccc3)c2)cc1. The summed E-state index contributed by atoms with van der Waals surface area (Å²) >= 11 is 0. The van der Waals surface area contributed by atoms with Crippen molar-refractivity contribution in [2.45, 2.75) is 0 Å². The van der Waals surface area contributed by atoms with E-state index < -0.39 is 0 Å². The lowest BCUT2D eigenvalue weighted by Gasteiger charge is -2.19. The lowest BCUT2D eigenvalue weighted by molar-refractivity contribution is 1.27. The first-order valence-electron chi connectivity index (χ1n) is 26.4. The third-order valence-corrected chi connectivity index (χ3v) is 14.3. The average molecular weight is 995 g/mol. The van der Waals surface area contributed by atoms with Gasteiger partial charge >= 0.3 is 0 Å². The van der Waals surface area contributed by atoms with Gasteiger partial charge in [0.25, 0.3) is 0 Å². The van der Waals surface area contributed by atoms with Crippen LogP contribution in [0.2, 0.25) is 0 Å². The second-order valence-corrected chi connectivity index (χ2v) is 19.3. The fourth-order valence-corrected chi connectivity index (χ4v) is 10.5. The number of nitrogens with zero attached hydrogens (tertiary/aromatic N) is 4. The van der Waals surface area contributed by atoms with E-state index in [0.717, 1.165) is 135 Å². The zero-order valence-corrected chi connectivity index (χ0v) is 42.7. The number of benzene rings is 9. The minimum Gasteiger partial charge on any atom is -0.248 e. The quantitative estimate of drug-likeness (QED) is 0.122. The highest BCUT2D eigenvalue weighted by Crippen LogP contribution is 2.45. The maximum atomic E-state index is 5.69. The van der Waals surface area contributed by atoms with Crippen LogP contribution in [0.15, 0.2) is 303 Å². The maximum Gasteiger partial charge on any atom is 0.0809 e. The molecule has 366 valence electrons. The number of pyridine rings is 4. The van der Waals surface area contributed by atoms with E-state index in [1.165, 1.54) is 0 Å². The Morgan fingerprint density at radius 1 is 0.154 bits per heavy atom. The summed E-state index contributed by atoms with van der Waals surface area (Å²) in [6, 6.07) is 106. The van der Waals surface area contributed by atoms with Crippen LogP contribution in [-0.2, 0) is 0 Å². The summed E-state index contributed by atoms with van der Waals surface area (Å²) in [5.41, 5.74) is 23.3. The number of hydrogen-bond acceptors (Lipinski definition) is 4. The molecule has 0 radical (unpaired) electrons. The molecule has 9 aromatic carbocycles. The van der Waals surface area contributed by atoms with Gasteiger partial charge in [-0.25, -0.2) is 19.9 Å². The Kier molecular flexibility index (Phi) is 13.0. The first-order valence-corrected chi connectivity index (χ1v) is 26.4. The van der Waals surface area contributed by atoms with Gasteiger partial charge in [-0.15, -0.1) is 0 Å². The molecular formula is C74H50N4. The average Bonchev–Trinajstić information content (AvgIpc) is 3.59. The highest BCUT2D eigenvalue weighted by atomic mass is 14.8. The molecule has 0 amide bonds. The molecular weight excluding hydrogens is 945 g/mol. The van der Waals surface area contributed by atoms with Crippen molar-refractivity contribution in [2.75, 3.05) is 0 Å². The van der Waals surface area contributed by atoms with Gasteiger partial charge in [-0.1, -0.05) is 261 Å². The van der Waals surface area contributed by atoms with Gasteiger partial charge in [-0.3, -0.25) is 0 Å². The van der Waals surface area contributed by atoms with E-state index in [9.17, 15) is 0 Å². The first kappa shape index (κ1) is 47.3. The second-order valence-electron chi connectivity index (χ2n) is 19.3. The number of aromatic nitrogens is 4. The monoisotopic (exact) mass is 994 g/mol. The molecule has 4 heterocycles. The van der Waals surface area contributed by atoms with E-state index in [4.69, 9.17) is 19.9 Å². The minimum absolute atomic E-state index is 0.821. The van der Waals surface area contributed by atoms with Crippen molar-refractivity contribution in [3.05, 3.63) is 303 Å². The van der Waals surface area contributed by atoms with Crippen molar-refractivity contribution in [2.24, 2.45) is 0 Å². The van der Waals surface area contributed by atoms with Crippen LogP contribution in [-0.4, -0.2) is 19.9 Å². The molecule has 0 aliphatic carbocycles. The van der Waals surface area contributed by atoms with Crippen LogP contribution < -0.4 is 0 Å². The Balaban J connectivity index is 1.04. The topological polar surface area (TPSA) is 51.6 Å². The van der Waals surface area contributed by atoms with Gasteiger partial charge in [-0.05, 0) is 87.0 Å². The Morgan fingerprint density at radius 2 is 0.410 bits per heavy atom. The van der Waals surface area contributed by atoms with Crippen molar-refractivity contribution >= 4 is 0 Å². The molecule has 0 N–H and O–H groups in total. The summed E-state index contributed by atoms with van der Waals surface area (Å²) in [4.78, 5) is 22.4. The van der Waals surface area contributed by atoms with Gasteiger partial charge in [0.15, 0.2) is 0 Å². The summed E-state index contributed by atoms with van der Waals surface area (Å²) < 4.78 is 0. The van der Waals surface area contributed by atoms with Crippen LogP contribution >= 0.6 is 0 Å². The van der Waals surface area contributed by atoms with Gasteiger partial charge in [0, 0.05) is 44.5 Å². The van der Waals surface area contributed by atoms with Gasteiger partial charge in [0.05, 0.1) is 45.6 Å². The molecule has 0 saturated heterocycles. The zero-order valence-electron chi connectivity index (χ0n) is 42.7. The molecule has 4 heteroatoms. The fourth-order valence-electron chi connectivity index (χ4n) is 10.5. The standard InChI is InChI=1S/C74H50N4/c1-9-26-51(27-10-1)61-45-65(75-69(47-61)71-63(53-30-13-3-14-31-53)49-67(55-34-17-5-18-35-55)77-73(71)57-38-21-7-22-39-57)59-42-25-43-60(44-59)66-46-62(52-28-11-2-12-29-52)48-70(76-66)72-64(54-32-15-4-16-33-54)50-68(56-36-19-6-20-37-56)78-74(72)58-40-23-8-24-41-58/h1-50H. The third-order valence-electron chi connectivity index (χ3n) is 14.3. The summed E-state index contributed by atoms with van der Waals surface area (Å²) in [5.74, 6) is 0. The van der Waals surface area contributed by atoms with Crippen molar-refractivity contribution < 1.29 is 0 Å². The Labute approximate surface area is 455 Å². The van der Waals surface area contributed by atoms with Crippen molar-refractivity contribution in [3.63, 3.8) is 0 Å². The third kappa shape index (κ3) is 9.74. The molecule has 0 atom stereocenters. The smallest absolute Gasteiger partial charge is 0.0809 e. The summed E-state index contributed by atoms with van der Waals surface area (Å²) in [5, 5.41) is 0. The van der Waals surface area contributed by atoms with E-state index >= 15 is 0 Å². The van der Waals surface area contributed by atoms with Crippen LogP contribution in [0.1, 0.15) is 0 Å². The van der Waals surface area contributed by atoms with E-state index in [-0.39, 0.29) is 0 Å². The predicted molar refractivity (Wildman–Crippen MR) is 323 cm³/mol. The molecule has 78 heavy (non-hydrogen) atoms. The highest BCUT2D eigenvalue weighted by molar-refractivity contribution is 5.97. The minimum atomic E-state index is 0.821. The largest absolute Gasteiger partial charge is 0.248 e. The van der Waals surface area contributed by atoms with Crippen LogP contribution in [0.5, 0.6) is 0 Å². The molecule has 13 rings (SSSR count). The van der Waals surface area contributed by atoms with E-state index in [0.29, 0.717) is 0 Å². The van der Waals surface area contributed by atoms with Crippen LogP contribution in [0, 0.1) is 0 Å². The number of rotatable bonds is 12. The zero-order chi connectivity index (χ0) is 52.0. The molecule has 4 nitrogen and oxygen atoms in total. The molecule has 4 aromatic heterocycles. The van der Waals surface area contributed by atoms with Gasteiger partial charge in [0.2, 0.25) is 0 Å². The summed E-state index contributed by atoms with van der Waals surface area (Å²) in [6.07, 6.45) is 0. The lowest BCUT2D eigenvalue weighted by atomic mass is 9.90. The Bertz CT molecular complexity index is 3800. The van der Waals surface area contributed by atoms with Crippen molar-refractivity contribution in [1.29, 1.82) is 0 Å². The van der Waals surface area contributed by atoms with Gasteiger partial charge in [0.1, 0.15) is 0 Å². The Hall–Kier alpha value is -10.4. The van der Waals surface area contributed by atoms with E-state index in [2.05, 4.69) is 291 Å². The normalized spacial score (nSPS) is 11.1. The molecule has 0 fully saturated rings. The lowest BCUT2D eigenvalue weighted by Crippen LogP contribution is -2.00. The molecule has 0 aliphatic rings. The molecule has 0 bridgehead atoms. The summed E-state index contributed by atoms with van der Waals surface area (Å²) in [7, 11) is 0. The van der Waals surface area contributed by atoms with Crippen molar-refractivity contribution in [1.82, 2.24) is 19.9 Å². The first-order chi connectivity index (χ1) is 38.7. The van der Waals surface area contributed by atoms with E-state index in [1.807, 2.05) is 12.1 Å². The van der Waals surface area contributed by atoms with Gasteiger partial charge in [-0.2, -0.15) is 0 Å². The van der Waals surface area contributed by atoms with Crippen LogP contribution in [0.4, 0.5) is 0 Å². The summed E-state index contributed by atoms with van der Waals surface area (Å²) in [6.45, 7) is 0. The van der Waals surface area contributed by atoms with E-state index in [1.54, 1.807) is 0 Å². The molecule has 0 aliphatic heterocycles. The van der Waals surface area contributed by atoms with Gasteiger partial charge < -0.3 is 0 Å². The molecule has 0 saturated carbocycles.